The van der Waals surface area contributed by atoms with Crippen LogP contribution in [-0.4, -0.2) is 39.1 Å². The van der Waals surface area contributed by atoms with Gasteiger partial charge in [0.1, 0.15) is 24.4 Å². The number of H-pyrrole nitrogens is 1. The Balaban J connectivity index is 0.00000193. The van der Waals surface area contributed by atoms with E-state index >= 15 is 0 Å². The van der Waals surface area contributed by atoms with E-state index in [0.717, 1.165) is 42.1 Å². The fourth-order valence-electron chi connectivity index (χ4n) is 3.91. The smallest absolute Gasteiger partial charge is 0.277 e. The van der Waals surface area contributed by atoms with Gasteiger partial charge in [-0.3, -0.25) is 9.69 Å². The standard InChI is InChI=1S/C21H27N8O2.2ClH/c1-3-28-16-6-5-14(31-10-8-22)11-17(16)29(4-2)18(28)12-27(13-30)21-19(23)26-20-15(25-21)7-9-24-20;;/h5-7,9,11,13H,3-4,8,10,12,22H2,1-2H3,(H3,23,24,26);2*1H/q+1;;/p-1. The van der Waals surface area contributed by atoms with Gasteiger partial charge in [0.25, 0.3) is 5.82 Å². The minimum Gasteiger partial charge on any atom is -1.00 e. The van der Waals surface area contributed by atoms with E-state index in [0.29, 0.717) is 36.7 Å². The number of hydrogen-bond donors (Lipinski definition) is 3. The van der Waals surface area contributed by atoms with Crippen LogP contribution in [-0.2, 0) is 24.4 Å². The number of nitrogen functional groups attached to an aromatic ring is 1. The number of aromatic nitrogens is 5. The average molecular weight is 495 g/mol. The molecule has 4 rings (SSSR count). The number of benzene rings is 1. The summed E-state index contributed by atoms with van der Waals surface area (Å²) in [7, 11) is 0. The number of carbonyl (C=O) groups excluding carboxylic acids is 1. The van der Waals surface area contributed by atoms with E-state index in [2.05, 4.69) is 37.9 Å². The third kappa shape index (κ3) is 4.82. The Labute approximate surface area is 203 Å². The summed E-state index contributed by atoms with van der Waals surface area (Å²) >= 11 is 0. The Bertz CT molecular complexity index is 1240. The second kappa shape index (κ2) is 11.2. The number of nitrogens with one attached hydrogen (secondary N) is 1. The quantitative estimate of drug-likeness (QED) is 0.196. The fourth-order valence-corrected chi connectivity index (χ4v) is 3.91. The number of nitrogens with two attached hydrogens (primary N) is 2. The molecule has 10 nitrogen and oxygen atoms in total. The van der Waals surface area contributed by atoms with E-state index in [9.17, 15) is 4.79 Å². The number of anilines is 2. The molecule has 1 amide bonds. The number of amides is 1. The van der Waals surface area contributed by atoms with Crippen molar-refractivity contribution in [3.05, 3.63) is 36.3 Å². The predicted octanol–water partition coefficient (Wildman–Crippen LogP) is -1.25. The molecule has 0 spiro atoms. The summed E-state index contributed by atoms with van der Waals surface area (Å²) in [5.41, 5.74) is 15.0. The topological polar surface area (TPSA) is 132 Å². The molecule has 0 saturated carbocycles. The number of nitrogens with zero attached hydrogens (tertiary/aromatic N) is 5. The lowest BCUT2D eigenvalue weighted by atomic mass is 10.3. The molecule has 5 N–H and O–H groups in total. The summed E-state index contributed by atoms with van der Waals surface area (Å²) in [6.45, 7) is 6.82. The molecule has 0 bridgehead atoms. The largest absolute Gasteiger partial charge is 1.00 e. The van der Waals surface area contributed by atoms with E-state index < -0.39 is 0 Å². The average Bonchev–Trinajstić information content (AvgIpc) is 3.35. The first-order valence-corrected chi connectivity index (χ1v) is 10.3. The number of rotatable bonds is 9. The second-order valence-electron chi connectivity index (χ2n) is 7.07. The molecule has 0 saturated heterocycles. The van der Waals surface area contributed by atoms with Gasteiger partial charge < -0.3 is 33.6 Å². The first kappa shape index (κ1) is 26.2. The highest BCUT2D eigenvalue weighted by atomic mass is 35.5. The van der Waals surface area contributed by atoms with Gasteiger partial charge in [-0.2, -0.15) is 0 Å². The van der Waals surface area contributed by atoms with Crippen molar-refractivity contribution in [1.29, 1.82) is 0 Å². The number of imidazole rings is 1. The van der Waals surface area contributed by atoms with Gasteiger partial charge in [0.2, 0.25) is 6.41 Å². The van der Waals surface area contributed by atoms with Crippen LogP contribution in [0.15, 0.2) is 30.5 Å². The van der Waals surface area contributed by atoms with E-state index in [1.54, 1.807) is 12.3 Å². The first-order chi connectivity index (χ1) is 15.1. The van der Waals surface area contributed by atoms with Crippen LogP contribution < -0.4 is 38.1 Å². The van der Waals surface area contributed by atoms with E-state index in [1.807, 2.05) is 18.2 Å². The number of carbonyl (C=O) groups is 1. The highest BCUT2D eigenvalue weighted by Gasteiger charge is 2.27. The Morgan fingerprint density at radius 3 is 2.73 bits per heavy atom. The first-order valence-electron chi connectivity index (χ1n) is 10.3. The maximum absolute atomic E-state index is 12.1. The zero-order chi connectivity index (χ0) is 22.0. The predicted molar refractivity (Wildman–Crippen MR) is 126 cm³/mol. The summed E-state index contributed by atoms with van der Waals surface area (Å²) < 4.78 is 10.1. The maximum Gasteiger partial charge on any atom is 0.277 e. The van der Waals surface area contributed by atoms with Crippen LogP contribution in [0.3, 0.4) is 0 Å². The van der Waals surface area contributed by atoms with Crippen LogP contribution in [0.2, 0.25) is 0 Å². The molecule has 0 aliphatic heterocycles. The molecule has 3 heterocycles. The van der Waals surface area contributed by atoms with Crippen LogP contribution in [0.4, 0.5) is 11.6 Å². The molecule has 178 valence electrons. The van der Waals surface area contributed by atoms with Gasteiger partial charge in [-0.25, -0.2) is 19.1 Å². The number of halogens is 2. The van der Waals surface area contributed by atoms with Gasteiger partial charge in [-0.15, -0.1) is 12.4 Å². The Kier molecular flexibility index (Phi) is 8.86. The monoisotopic (exact) mass is 494 g/mol. The minimum atomic E-state index is 0. The lowest BCUT2D eigenvalue weighted by molar-refractivity contribution is -0.676. The highest BCUT2D eigenvalue weighted by Crippen LogP contribution is 2.25. The zero-order valence-corrected chi connectivity index (χ0v) is 20.1. The van der Waals surface area contributed by atoms with Crippen molar-refractivity contribution in [2.24, 2.45) is 5.73 Å². The summed E-state index contributed by atoms with van der Waals surface area (Å²) in [5, 5.41) is 0. The molecule has 4 aromatic rings. The van der Waals surface area contributed by atoms with Crippen molar-refractivity contribution in [2.75, 3.05) is 23.8 Å². The number of aryl methyl sites for hydroxylation is 2. The molecule has 33 heavy (non-hydrogen) atoms. The normalized spacial score (nSPS) is 10.6. The van der Waals surface area contributed by atoms with Crippen LogP contribution in [0.5, 0.6) is 5.75 Å². The van der Waals surface area contributed by atoms with Crippen LogP contribution in [0, 0.1) is 0 Å². The molecular weight excluding hydrogens is 467 g/mol. The molecule has 0 unspecified atom stereocenters. The minimum absolute atomic E-state index is 0. The third-order valence-electron chi connectivity index (χ3n) is 5.27. The van der Waals surface area contributed by atoms with Gasteiger partial charge in [0, 0.05) is 18.8 Å². The van der Waals surface area contributed by atoms with Gasteiger partial charge in [0.15, 0.2) is 28.3 Å². The van der Waals surface area contributed by atoms with Gasteiger partial charge in [-0.05, 0) is 32.0 Å². The number of fused-ring (bicyclic) bond motifs is 2. The summed E-state index contributed by atoms with van der Waals surface area (Å²) in [6.07, 6.45) is 2.48. The van der Waals surface area contributed by atoms with Crippen molar-refractivity contribution in [3.8, 4) is 5.75 Å². The molecule has 1 aromatic carbocycles. The van der Waals surface area contributed by atoms with Crippen LogP contribution >= 0.6 is 12.4 Å². The molecule has 0 fully saturated rings. The Morgan fingerprint density at radius 2 is 2.06 bits per heavy atom. The fraction of sp³-hybridized carbons (Fsp3) is 0.333. The SMILES string of the molecule is CCn1c(CN(C=O)c2nc3cc[nH]c3nc2N)[n+](CC)c2ccc(OCCN)cc21.Cl.[Cl-]. The molecule has 3 aromatic heterocycles. The maximum atomic E-state index is 12.1. The summed E-state index contributed by atoms with van der Waals surface area (Å²) in [4.78, 5) is 25.4. The van der Waals surface area contributed by atoms with Crippen LogP contribution in [0.1, 0.15) is 19.7 Å². The molecule has 0 aliphatic carbocycles. The molecule has 0 radical (unpaired) electrons. The molecule has 0 aliphatic rings. The summed E-state index contributed by atoms with van der Waals surface area (Å²) in [6, 6.07) is 7.78. The molecule has 0 atom stereocenters. The Morgan fingerprint density at radius 1 is 1.27 bits per heavy atom. The van der Waals surface area contributed by atoms with Crippen molar-refractivity contribution < 1.29 is 26.5 Å². The van der Waals surface area contributed by atoms with Crippen molar-refractivity contribution in [1.82, 2.24) is 19.5 Å². The van der Waals surface area contributed by atoms with Crippen molar-refractivity contribution in [3.63, 3.8) is 0 Å². The second-order valence-corrected chi connectivity index (χ2v) is 7.07. The molecule has 12 heteroatoms. The number of aromatic amines is 1. The lowest BCUT2D eigenvalue weighted by Crippen LogP contribution is -3.00. The highest BCUT2D eigenvalue weighted by molar-refractivity contribution is 5.85. The Hall–Kier alpha value is -3.08. The zero-order valence-electron chi connectivity index (χ0n) is 18.5. The van der Waals surface area contributed by atoms with Crippen molar-refractivity contribution in [2.45, 2.75) is 33.5 Å². The third-order valence-corrected chi connectivity index (χ3v) is 5.27. The lowest BCUT2D eigenvalue weighted by Gasteiger charge is -2.16. The van der Waals surface area contributed by atoms with Crippen molar-refractivity contribution >= 4 is 52.7 Å². The van der Waals surface area contributed by atoms with E-state index in [-0.39, 0.29) is 30.6 Å². The summed E-state index contributed by atoms with van der Waals surface area (Å²) in [5.74, 6) is 2.25. The molecular formula is C21H28Cl2N8O2. The van der Waals surface area contributed by atoms with E-state index in [1.165, 1.54) is 4.90 Å². The van der Waals surface area contributed by atoms with Gasteiger partial charge in [0.05, 0.1) is 13.1 Å². The number of hydrogen-bond acceptors (Lipinski definition) is 6. The van der Waals surface area contributed by atoms with Gasteiger partial charge >= 0.3 is 0 Å². The van der Waals surface area contributed by atoms with Gasteiger partial charge in [-0.1, -0.05) is 0 Å². The van der Waals surface area contributed by atoms with E-state index in [4.69, 9.17) is 16.2 Å². The number of ether oxygens (including phenoxy) is 1. The van der Waals surface area contributed by atoms with Crippen LogP contribution in [0.25, 0.3) is 22.2 Å².